The first-order valence-electron chi connectivity index (χ1n) is 4.43. The molecular formula is C11H12BrClO2. The molecule has 0 bridgehead atoms. The Morgan fingerprint density at radius 1 is 1.47 bits per heavy atom. The third-order valence-corrected chi connectivity index (χ3v) is 3.19. The first-order chi connectivity index (χ1) is 6.89. The van der Waals surface area contributed by atoms with E-state index in [2.05, 4.69) is 15.9 Å². The average Bonchev–Trinajstić information content (AvgIpc) is 2.15. The molecule has 82 valence electrons. The third kappa shape index (κ3) is 2.52. The van der Waals surface area contributed by atoms with Crippen LogP contribution in [0.5, 0.6) is 0 Å². The molecule has 0 aliphatic rings. The van der Waals surface area contributed by atoms with Crippen LogP contribution in [0.2, 0.25) is 5.02 Å². The molecule has 0 radical (unpaired) electrons. The van der Waals surface area contributed by atoms with Gasteiger partial charge < -0.3 is 4.74 Å². The molecule has 0 fully saturated rings. The van der Waals surface area contributed by atoms with Crippen LogP contribution >= 0.6 is 27.5 Å². The number of methoxy groups -OCH3 is 1. The Kier molecular flexibility index (Phi) is 3.79. The number of ether oxygens (including phenoxy) is 1. The highest BCUT2D eigenvalue weighted by Crippen LogP contribution is 2.32. The predicted molar refractivity (Wildman–Crippen MR) is 64.2 cm³/mol. The van der Waals surface area contributed by atoms with Crippen molar-refractivity contribution in [2.24, 2.45) is 0 Å². The summed E-state index contributed by atoms with van der Waals surface area (Å²) in [5.74, 6) is -0.273. The molecule has 0 heterocycles. The second-order valence-electron chi connectivity index (χ2n) is 3.74. The van der Waals surface area contributed by atoms with E-state index in [-0.39, 0.29) is 5.97 Å². The van der Waals surface area contributed by atoms with E-state index >= 15 is 0 Å². The van der Waals surface area contributed by atoms with Crippen molar-refractivity contribution in [3.05, 3.63) is 33.3 Å². The minimum absolute atomic E-state index is 0.273. The molecule has 0 aliphatic carbocycles. The van der Waals surface area contributed by atoms with Gasteiger partial charge in [-0.05, 0) is 31.5 Å². The summed E-state index contributed by atoms with van der Waals surface area (Å²) in [5.41, 5.74) is 0.178. The molecule has 0 atom stereocenters. The van der Waals surface area contributed by atoms with Gasteiger partial charge >= 0.3 is 5.97 Å². The van der Waals surface area contributed by atoms with Crippen molar-refractivity contribution >= 4 is 33.5 Å². The van der Waals surface area contributed by atoms with E-state index in [0.717, 1.165) is 10.0 Å². The molecule has 2 nitrogen and oxygen atoms in total. The monoisotopic (exact) mass is 290 g/mol. The van der Waals surface area contributed by atoms with Crippen molar-refractivity contribution in [1.82, 2.24) is 0 Å². The van der Waals surface area contributed by atoms with Crippen LogP contribution in [0.4, 0.5) is 0 Å². The summed E-state index contributed by atoms with van der Waals surface area (Å²) >= 11 is 9.22. The summed E-state index contributed by atoms with van der Waals surface area (Å²) in [7, 11) is 1.38. The number of benzene rings is 1. The van der Waals surface area contributed by atoms with Crippen LogP contribution in [-0.4, -0.2) is 13.1 Å². The van der Waals surface area contributed by atoms with Crippen LogP contribution in [0.1, 0.15) is 19.4 Å². The van der Waals surface area contributed by atoms with Gasteiger partial charge in [0, 0.05) is 9.50 Å². The van der Waals surface area contributed by atoms with E-state index < -0.39 is 5.41 Å². The van der Waals surface area contributed by atoms with Gasteiger partial charge in [-0.15, -0.1) is 0 Å². The SMILES string of the molecule is COC(=O)C(C)(C)c1ccc(Cl)cc1Br. The van der Waals surface area contributed by atoms with Gasteiger partial charge in [-0.25, -0.2) is 0 Å². The predicted octanol–water partition coefficient (Wildman–Crippen LogP) is 3.55. The Bertz CT molecular complexity index is 388. The number of hydrogen-bond donors (Lipinski definition) is 0. The molecule has 0 saturated heterocycles. The first kappa shape index (κ1) is 12.5. The maximum atomic E-state index is 11.6. The van der Waals surface area contributed by atoms with E-state index in [1.165, 1.54) is 7.11 Å². The van der Waals surface area contributed by atoms with Gasteiger partial charge in [-0.3, -0.25) is 4.79 Å². The fourth-order valence-electron chi connectivity index (χ4n) is 1.36. The van der Waals surface area contributed by atoms with Gasteiger partial charge in [-0.1, -0.05) is 33.6 Å². The molecule has 0 spiro atoms. The molecule has 0 aromatic heterocycles. The Morgan fingerprint density at radius 3 is 2.53 bits per heavy atom. The Morgan fingerprint density at radius 2 is 2.07 bits per heavy atom. The number of hydrogen-bond acceptors (Lipinski definition) is 2. The summed E-state index contributed by atoms with van der Waals surface area (Å²) < 4.78 is 5.57. The highest BCUT2D eigenvalue weighted by Gasteiger charge is 2.32. The Balaban J connectivity index is 3.21. The lowest BCUT2D eigenvalue weighted by atomic mass is 9.85. The molecular weight excluding hydrogens is 279 g/mol. The van der Waals surface area contributed by atoms with Gasteiger partial charge in [0.2, 0.25) is 0 Å². The Hall–Kier alpha value is -0.540. The van der Waals surface area contributed by atoms with Crippen LogP contribution < -0.4 is 0 Å². The van der Waals surface area contributed by atoms with Crippen molar-refractivity contribution in [2.45, 2.75) is 19.3 Å². The lowest BCUT2D eigenvalue weighted by Crippen LogP contribution is -2.30. The Labute approximate surface area is 103 Å². The van der Waals surface area contributed by atoms with Crippen LogP contribution in [0, 0.1) is 0 Å². The van der Waals surface area contributed by atoms with Crippen molar-refractivity contribution in [3.63, 3.8) is 0 Å². The molecule has 4 heteroatoms. The van der Waals surface area contributed by atoms with E-state index in [9.17, 15) is 4.79 Å². The minimum Gasteiger partial charge on any atom is -0.468 e. The number of rotatable bonds is 2. The molecule has 15 heavy (non-hydrogen) atoms. The molecule has 1 rings (SSSR count). The quantitative estimate of drug-likeness (QED) is 0.779. The summed E-state index contributed by atoms with van der Waals surface area (Å²) in [4.78, 5) is 11.6. The van der Waals surface area contributed by atoms with Crippen LogP contribution in [0.25, 0.3) is 0 Å². The lowest BCUT2D eigenvalue weighted by Gasteiger charge is -2.23. The zero-order chi connectivity index (χ0) is 11.6. The highest BCUT2D eigenvalue weighted by molar-refractivity contribution is 9.10. The number of carbonyl (C=O) groups excluding carboxylic acids is 1. The van der Waals surface area contributed by atoms with Crippen molar-refractivity contribution in [3.8, 4) is 0 Å². The van der Waals surface area contributed by atoms with Gasteiger partial charge in [-0.2, -0.15) is 0 Å². The average molecular weight is 292 g/mol. The number of esters is 1. The fourth-order valence-corrected chi connectivity index (χ4v) is 2.54. The summed E-state index contributed by atoms with van der Waals surface area (Å²) in [6, 6.07) is 5.34. The van der Waals surface area contributed by atoms with E-state index in [1.54, 1.807) is 12.1 Å². The normalized spacial score (nSPS) is 11.3. The third-order valence-electron chi connectivity index (χ3n) is 2.30. The lowest BCUT2D eigenvalue weighted by molar-refractivity contribution is -0.146. The number of halogens is 2. The molecule has 0 saturated carbocycles. The van der Waals surface area contributed by atoms with Crippen LogP contribution in [0.15, 0.2) is 22.7 Å². The molecule has 0 unspecified atom stereocenters. The van der Waals surface area contributed by atoms with Gasteiger partial charge in [0.15, 0.2) is 0 Å². The van der Waals surface area contributed by atoms with Gasteiger partial charge in [0.25, 0.3) is 0 Å². The van der Waals surface area contributed by atoms with E-state index in [0.29, 0.717) is 5.02 Å². The van der Waals surface area contributed by atoms with Gasteiger partial charge in [0.05, 0.1) is 12.5 Å². The largest absolute Gasteiger partial charge is 0.468 e. The van der Waals surface area contributed by atoms with Crippen molar-refractivity contribution < 1.29 is 9.53 Å². The van der Waals surface area contributed by atoms with Crippen LogP contribution in [0.3, 0.4) is 0 Å². The molecule has 0 amide bonds. The summed E-state index contributed by atoms with van der Waals surface area (Å²) in [5, 5.41) is 0.631. The second kappa shape index (κ2) is 4.54. The van der Waals surface area contributed by atoms with E-state index in [4.69, 9.17) is 16.3 Å². The zero-order valence-electron chi connectivity index (χ0n) is 8.80. The molecule has 0 N–H and O–H groups in total. The molecule has 1 aromatic carbocycles. The maximum Gasteiger partial charge on any atom is 0.315 e. The van der Waals surface area contributed by atoms with Gasteiger partial charge in [0.1, 0.15) is 0 Å². The van der Waals surface area contributed by atoms with E-state index in [1.807, 2.05) is 19.9 Å². The second-order valence-corrected chi connectivity index (χ2v) is 5.03. The molecule has 1 aromatic rings. The number of carbonyl (C=O) groups is 1. The minimum atomic E-state index is -0.682. The first-order valence-corrected chi connectivity index (χ1v) is 5.60. The molecule has 0 aliphatic heterocycles. The summed E-state index contributed by atoms with van der Waals surface area (Å²) in [6.45, 7) is 3.62. The standard InChI is InChI=1S/C11H12BrClO2/c1-11(2,10(14)15-3)8-5-4-7(13)6-9(8)12/h4-6H,1-3H3. The maximum absolute atomic E-state index is 11.6. The highest BCUT2D eigenvalue weighted by atomic mass is 79.9. The van der Waals surface area contributed by atoms with Crippen molar-refractivity contribution in [2.75, 3.05) is 7.11 Å². The topological polar surface area (TPSA) is 26.3 Å². The fraction of sp³-hybridized carbons (Fsp3) is 0.364. The smallest absolute Gasteiger partial charge is 0.315 e. The summed E-state index contributed by atoms with van der Waals surface area (Å²) in [6.07, 6.45) is 0. The van der Waals surface area contributed by atoms with Crippen LogP contribution in [-0.2, 0) is 14.9 Å². The zero-order valence-corrected chi connectivity index (χ0v) is 11.1. The van der Waals surface area contributed by atoms with Crippen molar-refractivity contribution in [1.29, 1.82) is 0 Å².